The van der Waals surface area contributed by atoms with Crippen molar-refractivity contribution in [1.82, 2.24) is 5.32 Å². The monoisotopic (exact) mass is 289 g/mol. The summed E-state index contributed by atoms with van der Waals surface area (Å²) in [4.78, 5) is 0. The summed E-state index contributed by atoms with van der Waals surface area (Å²) in [5.74, 6) is 2.58. The maximum Gasteiger partial charge on any atom is 0.119 e. The van der Waals surface area contributed by atoms with Gasteiger partial charge in [-0.05, 0) is 44.5 Å². The van der Waals surface area contributed by atoms with Crippen LogP contribution < -0.4 is 10.1 Å². The van der Waals surface area contributed by atoms with Crippen LogP contribution in [-0.4, -0.2) is 18.8 Å². The topological polar surface area (TPSA) is 54.6 Å². The molecule has 1 aromatic carbocycles. The van der Waals surface area contributed by atoms with Gasteiger partial charge in [-0.25, -0.2) is 0 Å². The smallest absolute Gasteiger partial charge is 0.119 e. The first-order valence-electron chi connectivity index (χ1n) is 7.13. The molecule has 0 spiro atoms. The number of rotatable bonds is 6. The molecular formula is C17H23NO3. The number of methoxy groups -OCH3 is 1. The minimum Gasteiger partial charge on any atom is -0.497 e. The quantitative estimate of drug-likeness (QED) is 0.857. The van der Waals surface area contributed by atoms with Crippen LogP contribution in [0.1, 0.15) is 41.7 Å². The Hall–Kier alpha value is -1.78. The SMILES string of the molecule is COc1cccc(C(O)CNC(C)c2cc(C)oc2C)c1. The average molecular weight is 289 g/mol. The van der Waals surface area contributed by atoms with Crippen molar-refractivity contribution in [3.63, 3.8) is 0 Å². The molecule has 1 heterocycles. The van der Waals surface area contributed by atoms with Gasteiger partial charge in [0, 0.05) is 18.2 Å². The molecule has 0 aliphatic rings. The van der Waals surface area contributed by atoms with Crippen LogP contribution in [0, 0.1) is 13.8 Å². The van der Waals surface area contributed by atoms with Gasteiger partial charge >= 0.3 is 0 Å². The Balaban J connectivity index is 1.97. The number of benzene rings is 1. The number of aliphatic hydroxyl groups is 1. The van der Waals surface area contributed by atoms with Gasteiger partial charge in [0.25, 0.3) is 0 Å². The van der Waals surface area contributed by atoms with Gasteiger partial charge in [0.15, 0.2) is 0 Å². The molecule has 0 aliphatic carbocycles. The third-order valence-corrected chi connectivity index (χ3v) is 3.64. The number of hydrogen-bond donors (Lipinski definition) is 2. The van der Waals surface area contributed by atoms with Crippen molar-refractivity contribution in [3.05, 3.63) is 53.0 Å². The second-order valence-electron chi connectivity index (χ2n) is 5.29. The van der Waals surface area contributed by atoms with E-state index in [0.717, 1.165) is 28.4 Å². The molecule has 2 unspecified atom stereocenters. The van der Waals surface area contributed by atoms with E-state index in [1.54, 1.807) is 7.11 Å². The van der Waals surface area contributed by atoms with E-state index in [1.165, 1.54) is 0 Å². The van der Waals surface area contributed by atoms with E-state index >= 15 is 0 Å². The fourth-order valence-electron chi connectivity index (χ4n) is 2.45. The molecule has 0 saturated heterocycles. The van der Waals surface area contributed by atoms with Crippen LogP contribution in [0.15, 0.2) is 34.7 Å². The predicted molar refractivity (Wildman–Crippen MR) is 82.6 cm³/mol. The molecule has 0 bridgehead atoms. The van der Waals surface area contributed by atoms with Crippen LogP contribution in [0.3, 0.4) is 0 Å². The van der Waals surface area contributed by atoms with E-state index < -0.39 is 6.10 Å². The van der Waals surface area contributed by atoms with Gasteiger partial charge in [-0.1, -0.05) is 12.1 Å². The standard InChI is InChI=1S/C17H23NO3/c1-11-8-16(13(3)21-11)12(2)18-10-17(19)14-6-5-7-15(9-14)20-4/h5-9,12,17-19H,10H2,1-4H3. The predicted octanol–water partition coefficient (Wildman–Crippen LogP) is 3.29. The number of nitrogens with one attached hydrogen (secondary N) is 1. The van der Waals surface area contributed by atoms with Gasteiger partial charge in [-0.3, -0.25) is 0 Å². The van der Waals surface area contributed by atoms with Crippen molar-refractivity contribution in [2.45, 2.75) is 32.9 Å². The minimum atomic E-state index is -0.573. The molecule has 1 aromatic heterocycles. The number of aliphatic hydroxyl groups excluding tert-OH is 1. The molecule has 0 aliphatic heterocycles. The summed E-state index contributed by atoms with van der Waals surface area (Å²) in [6.45, 7) is 6.43. The largest absolute Gasteiger partial charge is 0.497 e. The minimum absolute atomic E-state index is 0.128. The Morgan fingerprint density at radius 1 is 1.29 bits per heavy atom. The zero-order valence-electron chi connectivity index (χ0n) is 13.0. The summed E-state index contributed by atoms with van der Waals surface area (Å²) in [6.07, 6.45) is -0.573. The van der Waals surface area contributed by atoms with E-state index in [4.69, 9.17) is 9.15 Å². The normalized spacial score (nSPS) is 14.0. The highest BCUT2D eigenvalue weighted by Gasteiger charge is 2.15. The van der Waals surface area contributed by atoms with E-state index in [1.807, 2.05) is 44.2 Å². The molecular weight excluding hydrogens is 266 g/mol. The van der Waals surface area contributed by atoms with Gasteiger partial charge in [-0.15, -0.1) is 0 Å². The Labute approximate surface area is 125 Å². The van der Waals surface area contributed by atoms with Gasteiger partial charge in [0.2, 0.25) is 0 Å². The van der Waals surface area contributed by atoms with Crippen LogP contribution in [0.5, 0.6) is 5.75 Å². The molecule has 2 aromatic rings. The Bertz CT molecular complexity index is 591. The number of aryl methyl sites for hydroxylation is 2. The molecule has 0 fully saturated rings. The lowest BCUT2D eigenvalue weighted by molar-refractivity contribution is 0.170. The summed E-state index contributed by atoms with van der Waals surface area (Å²) in [5.41, 5.74) is 1.97. The van der Waals surface area contributed by atoms with Crippen molar-refractivity contribution in [1.29, 1.82) is 0 Å². The van der Waals surface area contributed by atoms with Crippen LogP contribution >= 0.6 is 0 Å². The van der Waals surface area contributed by atoms with E-state index in [2.05, 4.69) is 12.2 Å². The lowest BCUT2D eigenvalue weighted by Crippen LogP contribution is -2.24. The average Bonchev–Trinajstić information content (AvgIpc) is 2.83. The lowest BCUT2D eigenvalue weighted by atomic mass is 10.1. The number of furan rings is 1. The van der Waals surface area contributed by atoms with Gasteiger partial charge in [0.1, 0.15) is 17.3 Å². The second-order valence-corrected chi connectivity index (χ2v) is 5.29. The molecule has 21 heavy (non-hydrogen) atoms. The fraction of sp³-hybridized carbons (Fsp3) is 0.412. The summed E-state index contributed by atoms with van der Waals surface area (Å²) < 4.78 is 10.7. The molecule has 2 atom stereocenters. The van der Waals surface area contributed by atoms with E-state index in [-0.39, 0.29) is 6.04 Å². The molecule has 0 radical (unpaired) electrons. The first kappa shape index (κ1) is 15.6. The van der Waals surface area contributed by atoms with Crippen molar-refractivity contribution < 1.29 is 14.3 Å². The Kier molecular flexibility index (Phi) is 5.04. The van der Waals surface area contributed by atoms with Crippen LogP contribution in [0.25, 0.3) is 0 Å². The van der Waals surface area contributed by atoms with Crippen molar-refractivity contribution >= 4 is 0 Å². The zero-order chi connectivity index (χ0) is 15.4. The number of ether oxygens (including phenoxy) is 1. The third-order valence-electron chi connectivity index (χ3n) is 3.64. The van der Waals surface area contributed by atoms with E-state index in [0.29, 0.717) is 6.54 Å². The maximum absolute atomic E-state index is 10.3. The van der Waals surface area contributed by atoms with Crippen LogP contribution in [-0.2, 0) is 0 Å². The van der Waals surface area contributed by atoms with Crippen molar-refractivity contribution in [2.24, 2.45) is 0 Å². The Morgan fingerprint density at radius 3 is 2.67 bits per heavy atom. The summed E-state index contributed by atoms with van der Waals surface area (Å²) in [7, 11) is 1.62. The fourth-order valence-corrected chi connectivity index (χ4v) is 2.45. The Morgan fingerprint density at radius 2 is 2.05 bits per heavy atom. The summed E-state index contributed by atoms with van der Waals surface area (Å²) >= 11 is 0. The molecule has 114 valence electrons. The van der Waals surface area contributed by atoms with Gasteiger partial charge < -0.3 is 19.6 Å². The molecule has 0 saturated carbocycles. The highest BCUT2D eigenvalue weighted by molar-refractivity contribution is 5.30. The number of hydrogen-bond acceptors (Lipinski definition) is 4. The lowest BCUT2D eigenvalue weighted by Gasteiger charge is -2.17. The molecule has 0 amide bonds. The van der Waals surface area contributed by atoms with E-state index in [9.17, 15) is 5.11 Å². The first-order chi connectivity index (χ1) is 10.0. The van der Waals surface area contributed by atoms with Crippen molar-refractivity contribution in [2.75, 3.05) is 13.7 Å². The molecule has 4 nitrogen and oxygen atoms in total. The molecule has 2 N–H and O–H groups in total. The summed E-state index contributed by atoms with van der Waals surface area (Å²) in [6, 6.07) is 9.65. The highest BCUT2D eigenvalue weighted by atomic mass is 16.5. The molecule has 2 rings (SSSR count). The highest BCUT2D eigenvalue weighted by Crippen LogP contribution is 2.23. The zero-order valence-corrected chi connectivity index (χ0v) is 13.0. The third kappa shape index (κ3) is 3.86. The second kappa shape index (κ2) is 6.78. The van der Waals surface area contributed by atoms with Gasteiger partial charge in [0.05, 0.1) is 13.2 Å². The maximum atomic E-state index is 10.3. The molecule has 4 heteroatoms. The first-order valence-corrected chi connectivity index (χ1v) is 7.13. The summed E-state index contributed by atoms with van der Waals surface area (Å²) in [5, 5.41) is 13.6. The van der Waals surface area contributed by atoms with Gasteiger partial charge in [-0.2, -0.15) is 0 Å². The van der Waals surface area contributed by atoms with Crippen molar-refractivity contribution in [3.8, 4) is 5.75 Å². The van der Waals surface area contributed by atoms with Crippen LogP contribution in [0.2, 0.25) is 0 Å². The van der Waals surface area contributed by atoms with Crippen LogP contribution in [0.4, 0.5) is 0 Å².